The van der Waals surface area contributed by atoms with Gasteiger partial charge >= 0.3 is 0 Å². The number of rotatable bonds is 5. The molecular formula is C16H30N6. The molecule has 2 rings (SSSR count). The van der Waals surface area contributed by atoms with Gasteiger partial charge in [0.05, 0.1) is 12.7 Å². The zero-order valence-electron chi connectivity index (χ0n) is 14.3. The molecule has 2 heterocycles. The average Bonchev–Trinajstić information content (AvgIpc) is 2.91. The molecule has 124 valence electrons. The molecule has 0 radical (unpaired) electrons. The summed E-state index contributed by atoms with van der Waals surface area (Å²) >= 11 is 0. The minimum atomic E-state index is 0.515. The Morgan fingerprint density at radius 3 is 2.68 bits per heavy atom. The third-order valence-corrected chi connectivity index (χ3v) is 4.12. The average molecular weight is 306 g/mol. The Bertz CT molecular complexity index is 471. The molecule has 0 bridgehead atoms. The van der Waals surface area contributed by atoms with Crippen LogP contribution in [-0.2, 0) is 13.6 Å². The van der Waals surface area contributed by atoms with E-state index in [-0.39, 0.29) is 0 Å². The summed E-state index contributed by atoms with van der Waals surface area (Å²) in [4.78, 5) is 7.21. The molecule has 6 nitrogen and oxygen atoms in total. The molecule has 0 unspecified atom stereocenters. The molecule has 0 aromatic carbocycles. The van der Waals surface area contributed by atoms with Crippen LogP contribution < -0.4 is 10.6 Å². The van der Waals surface area contributed by atoms with Gasteiger partial charge in [0.2, 0.25) is 0 Å². The number of piperidine rings is 1. The molecule has 0 aliphatic carbocycles. The van der Waals surface area contributed by atoms with Gasteiger partial charge in [0.15, 0.2) is 5.96 Å². The van der Waals surface area contributed by atoms with Crippen molar-refractivity contribution >= 4 is 5.96 Å². The first-order valence-corrected chi connectivity index (χ1v) is 8.35. The largest absolute Gasteiger partial charge is 0.357 e. The van der Waals surface area contributed by atoms with E-state index in [0.717, 1.165) is 31.2 Å². The second-order valence-corrected chi connectivity index (χ2v) is 6.27. The Labute approximate surface area is 134 Å². The van der Waals surface area contributed by atoms with Gasteiger partial charge in [-0.3, -0.25) is 4.68 Å². The van der Waals surface area contributed by atoms with Gasteiger partial charge < -0.3 is 15.5 Å². The number of nitrogens with one attached hydrogen (secondary N) is 2. The van der Waals surface area contributed by atoms with Crippen molar-refractivity contribution in [1.29, 1.82) is 0 Å². The number of guanidine groups is 1. The van der Waals surface area contributed by atoms with Crippen molar-refractivity contribution in [1.82, 2.24) is 25.3 Å². The van der Waals surface area contributed by atoms with Crippen molar-refractivity contribution < 1.29 is 0 Å². The molecule has 0 amide bonds. The Balaban J connectivity index is 1.86. The van der Waals surface area contributed by atoms with E-state index >= 15 is 0 Å². The van der Waals surface area contributed by atoms with Crippen molar-refractivity contribution in [3.8, 4) is 0 Å². The standard InChI is InChI=1S/C16H30N6/c1-5-17-16(18-10-14-11-19-21(4)12-14)20-15-6-8-22(9-7-15)13(2)3/h11-13,15H,5-10H2,1-4H3,(H2,17,18,20). The summed E-state index contributed by atoms with van der Waals surface area (Å²) in [6.07, 6.45) is 6.23. The quantitative estimate of drug-likeness (QED) is 0.637. The van der Waals surface area contributed by atoms with Gasteiger partial charge in [-0.25, -0.2) is 4.99 Å². The van der Waals surface area contributed by atoms with E-state index in [4.69, 9.17) is 0 Å². The van der Waals surface area contributed by atoms with Gasteiger partial charge in [-0.2, -0.15) is 5.10 Å². The fourth-order valence-corrected chi connectivity index (χ4v) is 2.80. The molecule has 6 heteroatoms. The highest BCUT2D eigenvalue weighted by atomic mass is 15.2. The molecule has 0 atom stereocenters. The second kappa shape index (κ2) is 8.17. The zero-order chi connectivity index (χ0) is 15.9. The molecule has 1 aromatic rings. The molecule has 22 heavy (non-hydrogen) atoms. The summed E-state index contributed by atoms with van der Waals surface area (Å²) in [5.41, 5.74) is 1.13. The maximum absolute atomic E-state index is 4.67. The van der Waals surface area contributed by atoms with Crippen molar-refractivity contribution in [3.05, 3.63) is 18.0 Å². The third-order valence-electron chi connectivity index (χ3n) is 4.12. The number of aryl methyl sites for hydroxylation is 1. The van der Waals surface area contributed by atoms with Gasteiger partial charge in [0.1, 0.15) is 0 Å². The number of aliphatic imine (C=N–C) groups is 1. The summed E-state index contributed by atoms with van der Waals surface area (Å²) in [5, 5.41) is 11.1. The van der Waals surface area contributed by atoms with Gasteiger partial charge in [0, 0.05) is 50.5 Å². The van der Waals surface area contributed by atoms with Crippen LogP contribution in [0.25, 0.3) is 0 Å². The lowest BCUT2D eigenvalue weighted by Gasteiger charge is -2.35. The number of aromatic nitrogens is 2. The topological polar surface area (TPSA) is 57.5 Å². The Kier molecular flexibility index (Phi) is 6.24. The van der Waals surface area contributed by atoms with Crippen LogP contribution in [-0.4, -0.2) is 52.4 Å². The summed E-state index contributed by atoms with van der Waals surface area (Å²) in [5.74, 6) is 0.911. The molecular weight excluding hydrogens is 276 g/mol. The first kappa shape index (κ1) is 16.8. The highest BCUT2D eigenvalue weighted by Crippen LogP contribution is 2.12. The second-order valence-electron chi connectivity index (χ2n) is 6.27. The van der Waals surface area contributed by atoms with Crippen LogP contribution in [0.1, 0.15) is 39.2 Å². The maximum atomic E-state index is 4.67. The molecule has 1 fully saturated rings. The zero-order valence-corrected chi connectivity index (χ0v) is 14.3. The van der Waals surface area contributed by atoms with Crippen molar-refractivity contribution in [3.63, 3.8) is 0 Å². The predicted molar refractivity (Wildman–Crippen MR) is 90.9 cm³/mol. The maximum Gasteiger partial charge on any atom is 0.191 e. The van der Waals surface area contributed by atoms with Crippen LogP contribution in [0.3, 0.4) is 0 Å². The number of hydrogen-bond donors (Lipinski definition) is 2. The monoisotopic (exact) mass is 306 g/mol. The molecule has 0 saturated carbocycles. The fourth-order valence-electron chi connectivity index (χ4n) is 2.80. The van der Waals surface area contributed by atoms with Gasteiger partial charge in [-0.1, -0.05) is 0 Å². The van der Waals surface area contributed by atoms with Crippen molar-refractivity contribution in [2.45, 2.75) is 52.2 Å². The van der Waals surface area contributed by atoms with E-state index in [0.29, 0.717) is 18.6 Å². The first-order chi connectivity index (χ1) is 10.6. The number of likely N-dealkylation sites (tertiary alicyclic amines) is 1. The summed E-state index contributed by atoms with van der Waals surface area (Å²) in [6, 6.07) is 1.16. The van der Waals surface area contributed by atoms with Crippen LogP contribution in [0, 0.1) is 0 Å². The number of hydrogen-bond acceptors (Lipinski definition) is 3. The molecule has 2 N–H and O–H groups in total. The molecule has 1 aliphatic rings. The van der Waals surface area contributed by atoms with Gasteiger partial charge in [-0.15, -0.1) is 0 Å². The molecule has 0 spiro atoms. The summed E-state index contributed by atoms with van der Waals surface area (Å²) in [6.45, 7) is 10.5. The smallest absolute Gasteiger partial charge is 0.191 e. The van der Waals surface area contributed by atoms with Crippen molar-refractivity contribution in [2.75, 3.05) is 19.6 Å². The van der Waals surface area contributed by atoms with Crippen molar-refractivity contribution in [2.24, 2.45) is 12.0 Å². The Morgan fingerprint density at radius 2 is 2.14 bits per heavy atom. The lowest BCUT2D eigenvalue weighted by atomic mass is 10.0. The van der Waals surface area contributed by atoms with Crippen LogP contribution in [0.4, 0.5) is 0 Å². The highest BCUT2D eigenvalue weighted by Gasteiger charge is 2.21. The first-order valence-electron chi connectivity index (χ1n) is 8.35. The third kappa shape index (κ3) is 5.02. The van der Waals surface area contributed by atoms with Crippen LogP contribution in [0.2, 0.25) is 0 Å². The van der Waals surface area contributed by atoms with E-state index < -0.39 is 0 Å². The Hall–Kier alpha value is -1.56. The molecule has 1 aromatic heterocycles. The number of nitrogens with zero attached hydrogens (tertiary/aromatic N) is 4. The van der Waals surface area contributed by atoms with E-state index in [1.54, 1.807) is 0 Å². The van der Waals surface area contributed by atoms with Gasteiger partial charge in [-0.05, 0) is 33.6 Å². The highest BCUT2D eigenvalue weighted by molar-refractivity contribution is 5.80. The fraction of sp³-hybridized carbons (Fsp3) is 0.750. The van der Waals surface area contributed by atoms with E-state index in [1.165, 1.54) is 12.8 Å². The lowest BCUT2D eigenvalue weighted by molar-refractivity contribution is 0.167. The molecule has 1 saturated heterocycles. The van der Waals surface area contributed by atoms with Crippen LogP contribution in [0.5, 0.6) is 0 Å². The van der Waals surface area contributed by atoms with E-state index in [9.17, 15) is 0 Å². The Morgan fingerprint density at radius 1 is 1.41 bits per heavy atom. The summed E-state index contributed by atoms with van der Waals surface area (Å²) in [7, 11) is 1.93. The lowest BCUT2D eigenvalue weighted by Crippen LogP contribution is -2.49. The SMILES string of the molecule is CCNC(=NCc1cnn(C)c1)NC1CCN(C(C)C)CC1. The van der Waals surface area contributed by atoms with Crippen LogP contribution >= 0.6 is 0 Å². The van der Waals surface area contributed by atoms with E-state index in [1.807, 2.05) is 24.1 Å². The predicted octanol–water partition coefficient (Wildman–Crippen LogP) is 1.35. The minimum absolute atomic E-state index is 0.515. The summed E-state index contributed by atoms with van der Waals surface area (Å²) < 4.78 is 1.81. The van der Waals surface area contributed by atoms with Crippen LogP contribution in [0.15, 0.2) is 17.4 Å². The minimum Gasteiger partial charge on any atom is -0.357 e. The molecule has 1 aliphatic heterocycles. The normalized spacial score (nSPS) is 18.0. The van der Waals surface area contributed by atoms with E-state index in [2.05, 4.69) is 46.4 Å². The van der Waals surface area contributed by atoms with Gasteiger partial charge in [0.25, 0.3) is 0 Å².